The number of aromatic amines is 1. The number of ether oxygens (including phenoxy) is 1. The van der Waals surface area contributed by atoms with Crippen LogP contribution in [0.15, 0.2) is 39.7 Å². The van der Waals surface area contributed by atoms with Crippen LogP contribution in [0.5, 0.6) is 0 Å². The van der Waals surface area contributed by atoms with E-state index in [1.807, 2.05) is 13.0 Å². The van der Waals surface area contributed by atoms with Gasteiger partial charge in [-0.2, -0.15) is 0 Å². The van der Waals surface area contributed by atoms with Crippen LogP contribution >= 0.6 is 0 Å². The summed E-state index contributed by atoms with van der Waals surface area (Å²) in [7, 11) is 1.55. The van der Waals surface area contributed by atoms with Crippen LogP contribution in [0.25, 0.3) is 0 Å². The predicted octanol–water partition coefficient (Wildman–Crippen LogP) is 1.39. The molecule has 2 aromatic rings. The number of H-pyrrole nitrogens is 1. The van der Waals surface area contributed by atoms with E-state index in [9.17, 15) is 9.59 Å². The molecule has 0 aliphatic heterocycles. The normalized spacial score (nSPS) is 12.1. The molecule has 0 aliphatic rings. The average Bonchev–Trinajstić information content (AvgIpc) is 2.85. The lowest BCUT2D eigenvalue weighted by Crippen LogP contribution is -2.31. The number of aromatic nitrogens is 1. The Hall–Kier alpha value is -2.34. The van der Waals surface area contributed by atoms with Crippen LogP contribution in [-0.2, 0) is 4.74 Å². The zero-order valence-corrected chi connectivity index (χ0v) is 11.3. The summed E-state index contributed by atoms with van der Waals surface area (Å²) in [6.07, 6.45) is 1.37. The van der Waals surface area contributed by atoms with E-state index in [2.05, 4.69) is 10.3 Å². The number of amides is 1. The van der Waals surface area contributed by atoms with Gasteiger partial charge in [-0.3, -0.25) is 9.59 Å². The molecule has 6 heteroatoms. The van der Waals surface area contributed by atoms with Crippen LogP contribution in [-0.4, -0.2) is 24.6 Å². The van der Waals surface area contributed by atoms with Gasteiger partial charge in [-0.1, -0.05) is 0 Å². The van der Waals surface area contributed by atoms with Gasteiger partial charge in [-0.05, 0) is 25.1 Å². The van der Waals surface area contributed by atoms with Gasteiger partial charge < -0.3 is 19.5 Å². The summed E-state index contributed by atoms with van der Waals surface area (Å²) >= 11 is 0. The smallest absolute Gasteiger partial charge is 0.253 e. The first-order valence-electron chi connectivity index (χ1n) is 6.15. The molecule has 0 saturated heterocycles. The van der Waals surface area contributed by atoms with E-state index in [1.54, 1.807) is 13.2 Å². The number of aryl methyl sites for hydroxylation is 1. The summed E-state index contributed by atoms with van der Waals surface area (Å²) in [6.45, 7) is 2.12. The highest BCUT2D eigenvalue weighted by atomic mass is 16.5. The van der Waals surface area contributed by atoms with Gasteiger partial charge in [0.25, 0.3) is 5.91 Å². The van der Waals surface area contributed by atoms with Crippen molar-refractivity contribution in [1.29, 1.82) is 0 Å². The Labute approximate surface area is 115 Å². The molecule has 0 spiro atoms. The van der Waals surface area contributed by atoms with Crippen molar-refractivity contribution in [2.24, 2.45) is 0 Å². The quantitative estimate of drug-likeness (QED) is 0.864. The van der Waals surface area contributed by atoms with Gasteiger partial charge in [-0.15, -0.1) is 0 Å². The maximum atomic E-state index is 12.1. The summed E-state index contributed by atoms with van der Waals surface area (Å²) in [4.78, 5) is 25.5. The molecule has 0 unspecified atom stereocenters. The molecule has 0 fully saturated rings. The number of rotatable bonds is 5. The highest BCUT2D eigenvalue weighted by Crippen LogP contribution is 2.17. The van der Waals surface area contributed by atoms with Gasteiger partial charge in [0.15, 0.2) is 0 Å². The van der Waals surface area contributed by atoms with Crippen LogP contribution in [0.3, 0.4) is 0 Å². The van der Waals surface area contributed by atoms with Crippen molar-refractivity contribution < 1.29 is 13.9 Å². The fourth-order valence-electron chi connectivity index (χ4n) is 1.80. The monoisotopic (exact) mass is 276 g/mol. The van der Waals surface area contributed by atoms with Crippen molar-refractivity contribution in [1.82, 2.24) is 10.3 Å². The minimum atomic E-state index is -0.381. The van der Waals surface area contributed by atoms with Crippen molar-refractivity contribution in [2.75, 3.05) is 13.7 Å². The van der Waals surface area contributed by atoms with Crippen LogP contribution in [0.1, 0.15) is 27.9 Å². The van der Waals surface area contributed by atoms with Crippen molar-refractivity contribution in [3.05, 3.63) is 57.9 Å². The predicted molar refractivity (Wildman–Crippen MR) is 72.6 cm³/mol. The van der Waals surface area contributed by atoms with Crippen molar-refractivity contribution in [2.45, 2.75) is 13.0 Å². The third-order valence-corrected chi connectivity index (χ3v) is 2.79. The first-order valence-corrected chi connectivity index (χ1v) is 6.15. The fraction of sp³-hybridized carbons (Fsp3) is 0.286. The van der Waals surface area contributed by atoms with Crippen molar-refractivity contribution in [3.63, 3.8) is 0 Å². The molecular weight excluding hydrogens is 260 g/mol. The Bertz CT molecular complexity index is 624. The molecule has 0 aliphatic carbocycles. The molecular formula is C14H16N2O4. The second-order valence-electron chi connectivity index (χ2n) is 4.37. The van der Waals surface area contributed by atoms with E-state index in [0.717, 1.165) is 5.76 Å². The number of methoxy groups -OCH3 is 1. The maximum absolute atomic E-state index is 12.1. The van der Waals surface area contributed by atoms with Gasteiger partial charge in [0.2, 0.25) is 5.56 Å². The van der Waals surface area contributed by atoms with E-state index in [4.69, 9.17) is 9.15 Å². The van der Waals surface area contributed by atoms with Gasteiger partial charge in [0.1, 0.15) is 17.6 Å². The van der Waals surface area contributed by atoms with Crippen LogP contribution in [0, 0.1) is 6.92 Å². The third kappa shape index (κ3) is 3.36. The Balaban J connectivity index is 2.13. The lowest BCUT2D eigenvalue weighted by atomic mass is 10.2. The topological polar surface area (TPSA) is 84.3 Å². The van der Waals surface area contributed by atoms with Crippen LogP contribution in [0.4, 0.5) is 0 Å². The van der Waals surface area contributed by atoms with Crippen molar-refractivity contribution in [3.8, 4) is 0 Å². The standard InChI is InChI=1S/C14H16N2O4/c1-9-3-5-12(20-9)11(8-19-2)16-14(18)10-4-6-13(17)15-7-10/h3-7,11H,8H2,1-2H3,(H,15,17)(H,16,18)/t11-/m1/s1. The van der Waals surface area contributed by atoms with Gasteiger partial charge in [0.05, 0.1) is 12.2 Å². The molecule has 2 heterocycles. The first kappa shape index (κ1) is 14.1. The third-order valence-electron chi connectivity index (χ3n) is 2.79. The fourth-order valence-corrected chi connectivity index (χ4v) is 1.80. The van der Waals surface area contributed by atoms with E-state index < -0.39 is 0 Å². The van der Waals surface area contributed by atoms with Crippen LogP contribution < -0.4 is 10.9 Å². The Morgan fingerprint density at radius 3 is 2.75 bits per heavy atom. The molecule has 1 atom stereocenters. The largest absolute Gasteiger partial charge is 0.464 e. The molecule has 0 saturated carbocycles. The summed E-state index contributed by atoms with van der Waals surface area (Å²) in [6, 6.07) is 6.01. The second-order valence-corrected chi connectivity index (χ2v) is 4.37. The zero-order chi connectivity index (χ0) is 14.5. The molecule has 6 nitrogen and oxygen atoms in total. The lowest BCUT2D eigenvalue weighted by Gasteiger charge is -2.15. The van der Waals surface area contributed by atoms with E-state index in [-0.39, 0.29) is 17.5 Å². The number of hydrogen-bond acceptors (Lipinski definition) is 4. The Morgan fingerprint density at radius 1 is 1.40 bits per heavy atom. The SMILES string of the molecule is COC[C@@H](NC(=O)c1ccc(=O)[nH]c1)c1ccc(C)o1. The summed E-state index contributed by atoms with van der Waals surface area (Å²) in [5.74, 6) is 1.08. The highest BCUT2D eigenvalue weighted by Gasteiger charge is 2.18. The number of pyridine rings is 1. The van der Waals surface area contributed by atoms with E-state index >= 15 is 0 Å². The average molecular weight is 276 g/mol. The number of furan rings is 1. The first-order chi connectivity index (χ1) is 9.60. The molecule has 20 heavy (non-hydrogen) atoms. The maximum Gasteiger partial charge on any atom is 0.253 e. The number of hydrogen-bond donors (Lipinski definition) is 2. The molecule has 2 N–H and O–H groups in total. The molecule has 2 aromatic heterocycles. The van der Waals surface area contributed by atoms with Gasteiger partial charge in [0, 0.05) is 19.4 Å². The van der Waals surface area contributed by atoms with Gasteiger partial charge in [-0.25, -0.2) is 0 Å². The molecule has 0 radical (unpaired) electrons. The zero-order valence-electron chi connectivity index (χ0n) is 11.3. The van der Waals surface area contributed by atoms with Crippen LogP contribution in [0.2, 0.25) is 0 Å². The Kier molecular flexibility index (Phi) is 4.37. The summed E-state index contributed by atoms with van der Waals surface area (Å²) < 4.78 is 10.6. The molecule has 0 aromatic carbocycles. The van der Waals surface area contributed by atoms with E-state index in [0.29, 0.717) is 17.9 Å². The summed E-state index contributed by atoms with van der Waals surface area (Å²) in [5, 5.41) is 2.80. The number of carbonyl (C=O) groups is 1. The minimum Gasteiger partial charge on any atom is -0.464 e. The van der Waals surface area contributed by atoms with Gasteiger partial charge >= 0.3 is 0 Å². The molecule has 1 amide bonds. The van der Waals surface area contributed by atoms with E-state index in [1.165, 1.54) is 18.3 Å². The molecule has 0 bridgehead atoms. The lowest BCUT2D eigenvalue weighted by molar-refractivity contribution is 0.0882. The number of nitrogens with one attached hydrogen (secondary N) is 2. The Morgan fingerprint density at radius 2 is 2.20 bits per heavy atom. The van der Waals surface area contributed by atoms with Crippen molar-refractivity contribution >= 4 is 5.91 Å². The highest BCUT2D eigenvalue weighted by molar-refractivity contribution is 5.94. The second kappa shape index (κ2) is 6.21. The number of carbonyl (C=O) groups excluding carboxylic acids is 1. The molecule has 106 valence electrons. The minimum absolute atomic E-state index is 0.253. The molecule has 2 rings (SSSR count). The summed E-state index contributed by atoms with van der Waals surface area (Å²) in [5.41, 5.74) is 0.116.